The van der Waals surface area contributed by atoms with Crippen molar-refractivity contribution in [3.63, 3.8) is 0 Å². The number of nitrogens with one attached hydrogen (secondary N) is 2. The fourth-order valence-electron chi connectivity index (χ4n) is 6.23. The van der Waals surface area contributed by atoms with E-state index in [1.807, 2.05) is 0 Å². The normalized spacial score (nSPS) is 12.5. The van der Waals surface area contributed by atoms with Gasteiger partial charge in [-0.25, -0.2) is 16.8 Å². The second kappa shape index (κ2) is 14.5. The first-order valence-electron chi connectivity index (χ1n) is 13.7. The van der Waals surface area contributed by atoms with Crippen LogP contribution in [-0.4, -0.2) is 37.5 Å². The molecule has 16 heteroatoms. The van der Waals surface area contributed by atoms with Crippen LogP contribution in [0.4, 0.5) is 22.7 Å². The number of halogens is 2. The Morgan fingerprint density at radius 1 is 0.562 bits per heavy atom. The van der Waals surface area contributed by atoms with Crippen LogP contribution in [0.25, 0.3) is 0 Å². The maximum absolute atomic E-state index is 14.2. The number of carbonyl (C=O) groups is 2. The van der Waals surface area contributed by atoms with Gasteiger partial charge in [-0.15, -0.1) is 0 Å². The van der Waals surface area contributed by atoms with Crippen molar-refractivity contribution < 1.29 is 94.6 Å². The van der Waals surface area contributed by atoms with E-state index >= 15 is 0 Å². The Kier molecular flexibility index (Phi) is 12.2. The Balaban J connectivity index is 0.00000312. The van der Waals surface area contributed by atoms with Crippen molar-refractivity contribution in [2.24, 2.45) is 0 Å². The fraction of sp³-hybridized carbons (Fsp3) is 0.188. The minimum absolute atomic E-state index is 0. The zero-order valence-electron chi connectivity index (χ0n) is 27.3. The first-order valence-corrected chi connectivity index (χ1v) is 17.2. The van der Waals surface area contributed by atoms with Gasteiger partial charge in [0.2, 0.25) is 0 Å². The molecule has 0 spiro atoms. The van der Waals surface area contributed by atoms with Crippen molar-refractivity contribution in [2.75, 3.05) is 10.6 Å². The average molecular weight is 748 g/mol. The summed E-state index contributed by atoms with van der Waals surface area (Å²) in [5.74, 6) is -1.21. The molecule has 1 aliphatic rings. The van der Waals surface area contributed by atoms with E-state index in [1.165, 1.54) is 64.1 Å². The van der Waals surface area contributed by atoms with Crippen LogP contribution in [0.5, 0.6) is 0 Å². The molecule has 240 valence electrons. The second-order valence-electron chi connectivity index (χ2n) is 11.2. The molecule has 0 saturated heterocycles. The van der Waals surface area contributed by atoms with Crippen LogP contribution in [0, 0.1) is 41.5 Å². The molecule has 0 heterocycles. The number of carbonyl (C=O) groups excluding carboxylic acids is 2. The largest absolute Gasteiger partial charge is 1.00 e. The van der Waals surface area contributed by atoms with E-state index in [1.54, 1.807) is 13.8 Å². The fourth-order valence-corrected chi connectivity index (χ4v) is 8.42. The number of aryl methyl sites for hydroxylation is 4. The van der Waals surface area contributed by atoms with E-state index < -0.39 is 41.6 Å². The van der Waals surface area contributed by atoms with E-state index in [4.69, 9.17) is 23.2 Å². The summed E-state index contributed by atoms with van der Waals surface area (Å²) in [6.45, 7) is 9.32. The van der Waals surface area contributed by atoms with Gasteiger partial charge < -0.3 is 19.7 Å². The van der Waals surface area contributed by atoms with Crippen LogP contribution in [0.1, 0.15) is 65.2 Å². The summed E-state index contributed by atoms with van der Waals surface area (Å²) in [6.07, 6.45) is 0. The van der Waals surface area contributed by atoms with Crippen LogP contribution < -0.4 is 69.7 Å². The first kappa shape index (κ1) is 40.6. The number of ketones is 2. The SMILES string of the molecule is Cc1cc(C)c(S(=O)(=O)[O-])c(C)c1Nc1ccc(Nc2c(C)cc(C)c(S(=O)(=O)[O-])c2C)c2c1C(=O)c1cc(Cl)c(Cl)cc1C2=O.[Na+].[Na+]. The predicted molar refractivity (Wildman–Crippen MR) is 174 cm³/mol. The average Bonchev–Trinajstić information content (AvgIpc) is 2.91. The smallest absolute Gasteiger partial charge is 0.744 e. The van der Waals surface area contributed by atoms with Crippen LogP contribution >= 0.6 is 23.2 Å². The molecule has 48 heavy (non-hydrogen) atoms. The summed E-state index contributed by atoms with van der Waals surface area (Å²) < 4.78 is 72.7. The monoisotopic (exact) mass is 746 g/mol. The molecule has 5 rings (SSSR count). The van der Waals surface area contributed by atoms with Crippen LogP contribution in [0.15, 0.2) is 46.2 Å². The quantitative estimate of drug-likeness (QED) is 0.188. The van der Waals surface area contributed by atoms with Crippen LogP contribution in [0.3, 0.4) is 0 Å². The van der Waals surface area contributed by atoms with Crippen LogP contribution in [0.2, 0.25) is 10.0 Å². The maximum Gasteiger partial charge on any atom is 1.00 e. The van der Waals surface area contributed by atoms with Crippen molar-refractivity contribution in [1.82, 2.24) is 0 Å². The Hall–Kier alpha value is -1.78. The van der Waals surface area contributed by atoms with E-state index in [9.17, 15) is 35.5 Å². The number of hydrogen-bond donors (Lipinski definition) is 2. The maximum atomic E-state index is 14.2. The summed E-state index contributed by atoms with van der Waals surface area (Å²) >= 11 is 12.5. The second-order valence-corrected chi connectivity index (χ2v) is 14.7. The molecule has 0 fully saturated rings. The van der Waals surface area contributed by atoms with Crippen molar-refractivity contribution in [3.05, 3.63) is 102 Å². The van der Waals surface area contributed by atoms with Crippen molar-refractivity contribution in [2.45, 2.75) is 51.3 Å². The molecule has 10 nitrogen and oxygen atoms in total. The summed E-state index contributed by atoms with van der Waals surface area (Å²) in [4.78, 5) is 27.5. The number of benzene rings is 4. The van der Waals surface area contributed by atoms with Gasteiger partial charge in [-0.2, -0.15) is 0 Å². The van der Waals surface area contributed by atoms with Gasteiger partial charge in [0.05, 0.1) is 42.3 Å². The Labute approximate surface area is 333 Å². The molecule has 4 aromatic carbocycles. The summed E-state index contributed by atoms with van der Waals surface area (Å²) in [5.41, 5.74) is 2.44. The molecular formula is C32H26Cl2N2Na2O8S2. The van der Waals surface area contributed by atoms with Gasteiger partial charge in [-0.05, 0) is 99.2 Å². The van der Waals surface area contributed by atoms with Gasteiger partial charge in [0.15, 0.2) is 11.6 Å². The molecule has 0 bridgehead atoms. The standard InChI is InChI=1S/C32H28Cl2N2O8S2.2Na/c1-13-9-15(3)31(45(39,40)41)17(5)27(13)35-23-7-8-24(36-28-14(2)10-16(4)32(18(28)6)46(42,43)44)26-25(23)29(37)19-11-21(33)22(34)12-20(19)30(26)38;;/h7-12,35-36H,1-6H3,(H,39,40,41)(H,42,43,44);;/q;2*+1/p-2. The molecule has 0 amide bonds. The van der Waals surface area contributed by atoms with Crippen molar-refractivity contribution in [3.8, 4) is 0 Å². The Morgan fingerprint density at radius 3 is 1.17 bits per heavy atom. The van der Waals surface area contributed by atoms with Gasteiger partial charge in [0, 0.05) is 22.5 Å². The van der Waals surface area contributed by atoms with E-state index in [2.05, 4.69) is 10.6 Å². The molecule has 4 aromatic rings. The molecular weight excluding hydrogens is 721 g/mol. The number of fused-ring (bicyclic) bond motifs is 2. The van der Waals surface area contributed by atoms with Gasteiger partial charge >= 0.3 is 59.1 Å². The van der Waals surface area contributed by atoms with Crippen LogP contribution in [-0.2, 0) is 20.2 Å². The third-order valence-corrected chi connectivity index (χ3v) is 11.0. The van der Waals surface area contributed by atoms with Gasteiger partial charge in [0.25, 0.3) is 0 Å². The minimum atomic E-state index is -4.86. The number of anilines is 4. The van der Waals surface area contributed by atoms with E-state index in [0.717, 1.165) is 0 Å². The Bertz CT molecular complexity index is 2140. The summed E-state index contributed by atoms with van der Waals surface area (Å²) in [6, 6.07) is 8.60. The summed E-state index contributed by atoms with van der Waals surface area (Å²) in [7, 11) is -9.72. The Morgan fingerprint density at radius 2 is 0.875 bits per heavy atom. The topological polar surface area (TPSA) is 173 Å². The predicted octanol–water partition coefficient (Wildman–Crippen LogP) is 0.923. The molecule has 0 atom stereocenters. The van der Waals surface area contributed by atoms with Crippen molar-refractivity contribution >= 4 is 77.8 Å². The molecule has 0 aromatic heterocycles. The third-order valence-electron chi connectivity index (χ3n) is 8.03. The third kappa shape index (κ3) is 7.19. The zero-order chi connectivity index (χ0) is 34.2. The first-order chi connectivity index (χ1) is 21.2. The molecule has 1 aliphatic carbocycles. The number of hydrogen-bond acceptors (Lipinski definition) is 10. The molecule has 0 radical (unpaired) electrons. The van der Waals surface area contributed by atoms with E-state index in [0.29, 0.717) is 11.1 Å². The number of rotatable bonds is 6. The zero-order valence-corrected chi connectivity index (χ0v) is 34.4. The van der Waals surface area contributed by atoms with Gasteiger partial charge in [-0.3, -0.25) is 9.59 Å². The molecule has 0 unspecified atom stereocenters. The summed E-state index contributed by atoms with van der Waals surface area (Å²) in [5, 5.41) is 6.25. The molecule has 0 saturated carbocycles. The van der Waals surface area contributed by atoms with Gasteiger partial charge in [-0.1, -0.05) is 35.3 Å². The van der Waals surface area contributed by atoms with Gasteiger partial charge in [0.1, 0.15) is 20.2 Å². The molecule has 2 N–H and O–H groups in total. The van der Waals surface area contributed by atoms with Crippen molar-refractivity contribution in [1.29, 1.82) is 0 Å². The minimum Gasteiger partial charge on any atom is -0.744 e. The van der Waals surface area contributed by atoms with E-state index in [-0.39, 0.29) is 136 Å². The molecule has 0 aliphatic heterocycles.